The molecule has 0 radical (unpaired) electrons. The van der Waals surface area contributed by atoms with Crippen LogP contribution in [-0.4, -0.2) is 12.6 Å². The highest BCUT2D eigenvalue weighted by atomic mass is 32.1. The van der Waals surface area contributed by atoms with Crippen molar-refractivity contribution in [1.29, 1.82) is 0 Å². The van der Waals surface area contributed by atoms with E-state index in [1.54, 1.807) is 0 Å². The topological polar surface area (TPSA) is 12.0 Å². The Kier molecular flexibility index (Phi) is 4.04. The van der Waals surface area contributed by atoms with Gasteiger partial charge in [-0.05, 0) is 66.5 Å². The predicted molar refractivity (Wildman–Crippen MR) is 72.1 cm³/mol. The van der Waals surface area contributed by atoms with Crippen molar-refractivity contribution in [1.82, 2.24) is 5.32 Å². The minimum absolute atomic E-state index is 0.602. The number of rotatable bonds is 7. The maximum absolute atomic E-state index is 3.74. The van der Waals surface area contributed by atoms with E-state index in [4.69, 9.17) is 0 Å². The molecule has 0 aromatic carbocycles. The molecule has 1 heterocycles. The fourth-order valence-corrected chi connectivity index (χ4v) is 3.01. The van der Waals surface area contributed by atoms with Crippen molar-refractivity contribution in [2.24, 2.45) is 5.41 Å². The molecule has 1 aromatic heterocycles. The van der Waals surface area contributed by atoms with E-state index in [0.29, 0.717) is 5.41 Å². The molecule has 16 heavy (non-hydrogen) atoms. The average Bonchev–Trinajstić information content (AvgIpc) is 2.83. The van der Waals surface area contributed by atoms with Gasteiger partial charge in [0.05, 0.1) is 0 Å². The molecule has 1 aliphatic carbocycles. The third-order valence-corrected chi connectivity index (χ3v) is 4.55. The van der Waals surface area contributed by atoms with Crippen LogP contribution in [0.1, 0.15) is 45.1 Å². The molecule has 1 N–H and O–H groups in total. The number of hydrogen-bond acceptors (Lipinski definition) is 2. The summed E-state index contributed by atoms with van der Waals surface area (Å²) < 4.78 is 0. The molecule has 1 aromatic rings. The van der Waals surface area contributed by atoms with E-state index in [-0.39, 0.29) is 0 Å². The summed E-state index contributed by atoms with van der Waals surface area (Å²) in [6.45, 7) is 5.86. The van der Waals surface area contributed by atoms with Crippen molar-refractivity contribution >= 4 is 11.3 Å². The summed E-state index contributed by atoms with van der Waals surface area (Å²) >= 11 is 1.81. The zero-order valence-electron chi connectivity index (χ0n) is 10.5. The molecule has 1 aliphatic rings. The molecule has 0 amide bonds. The van der Waals surface area contributed by atoms with Crippen LogP contribution in [0.2, 0.25) is 0 Å². The lowest BCUT2D eigenvalue weighted by atomic mass is 9.93. The van der Waals surface area contributed by atoms with Crippen LogP contribution in [0.25, 0.3) is 0 Å². The zero-order valence-corrected chi connectivity index (χ0v) is 11.3. The number of thiophene rings is 1. The highest BCUT2D eigenvalue weighted by molar-refractivity contribution is 7.07. The number of nitrogens with one attached hydrogen (secondary N) is 1. The first-order valence-electron chi connectivity index (χ1n) is 6.49. The third kappa shape index (κ3) is 3.08. The average molecular weight is 237 g/mol. The maximum atomic E-state index is 3.74. The lowest BCUT2D eigenvalue weighted by molar-refractivity contribution is 0.338. The first-order valence-corrected chi connectivity index (χ1v) is 7.43. The summed E-state index contributed by atoms with van der Waals surface area (Å²) in [5, 5.41) is 8.20. The minimum atomic E-state index is 0.602. The van der Waals surface area contributed by atoms with Crippen LogP contribution in [0.3, 0.4) is 0 Å². The van der Waals surface area contributed by atoms with E-state index in [1.807, 2.05) is 11.3 Å². The van der Waals surface area contributed by atoms with Crippen LogP contribution >= 0.6 is 11.3 Å². The van der Waals surface area contributed by atoms with Crippen molar-refractivity contribution in [3.05, 3.63) is 22.4 Å². The molecule has 0 spiro atoms. The molecule has 0 aliphatic heterocycles. The molecule has 1 fully saturated rings. The smallest absolute Gasteiger partial charge is 0.0124 e. The molecule has 1 nitrogen and oxygen atoms in total. The number of aryl methyl sites for hydroxylation is 1. The number of hydrogen-bond donors (Lipinski definition) is 1. The summed E-state index contributed by atoms with van der Waals surface area (Å²) in [4.78, 5) is 0. The third-order valence-electron chi connectivity index (χ3n) is 3.82. The predicted octanol–water partition coefficient (Wildman–Crippen LogP) is 3.85. The Morgan fingerprint density at radius 2 is 2.31 bits per heavy atom. The Balaban J connectivity index is 1.82. The monoisotopic (exact) mass is 237 g/mol. The molecule has 0 bridgehead atoms. The molecule has 2 rings (SSSR count). The Hall–Kier alpha value is -0.340. The Morgan fingerprint density at radius 3 is 2.88 bits per heavy atom. The van der Waals surface area contributed by atoms with E-state index in [0.717, 1.165) is 6.04 Å². The van der Waals surface area contributed by atoms with Crippen molar-refractivity contribution in [3.63, 3.8) is 0 Å². The molecule has 2 heteroatoms. The van der Waals surface area contributed by atoms with Crippen LogP contribution in [0.5, 0.6) is 0 Å². The fraction of sp³-hybridized carbons (Fsp3) is 0.714. The van der Waals surface area contributed by atoms with Gasteiger partial charge in [-0.15, -0.1) is 0 Å². The van der Waals surface area contributed by atoms with Gasteiger partial charge in [0.2, 0.25) is 0 Å². The van der Waals surface area contributed by atoms with E-state index < -0.39 is 0 Å². The second-order valence-electron chi connectivity index (χ2n) is 5.33. The van der Waals surface area contributed by atoms with Crippen molar-refractivity contribution in [3.8, 4) is 0 Å². The summed E-state index contributed by atoms with van der Waals surface area (Å²) in [6.07, 6.45) is 6.61. The van der Waals surface area contributed by atoms with Crippen LogP contribution in [-0.2, 0) is 6.42 Å². The van der Waals surface area contributed by atoms with Gasteiger partial charge in [-0.25, -0.2) is 0 Å². The van der Waals surface area contributed by atoms with Gasteiger partial charge in [-0.1, -0.05) is 13.8 Å². The lowest BCUT2D eigenvalue weighted by Crippen LogP contribution is -2.37. The SMILES string of the molecule is CCCNC(CCc1ccsc1)C1(C)CC1. The minimum Gasteiger partial charge on any atom is -0.313 e. The summed E-state index contributed by atoms with van der Waals surface area (Å²) in [5.74, 6) is 0. The highest BCUT2D eigenvalue weighted by Crippen LogP contribution is 2.49. The molecule has 1 atom stereocenters. The standard InChI is InChI=1S/C14H23NS/c1-3-9-15-13(14(2)7-8-14)5-4-12-6-10-16-11-12/h6,10-11,13,15H,3-5,7-9H2,1-2H3. The first kappa shape index (κ1) is 12.1. The first-order chi connectivity index (χ1) is 7.74. The van der Waals surface area contributed by atoms with Gasteiger partial charge in [0, 0.05) is 6.04 Å². The van der Waals surface area contributed by atoms with E-state index in [1.165, 1.54) is 44.2 Å². The Bertz CT molecular complexity index is 301. The quantitative estimate of drug-likeness (QED) is 0.759. The highest BCUT2D eigenvalue weighted by Gasteiger charge is 2.43. The summed E-state index contributed by atoms with van der Waals surface area (Å²) in [7, 11) is 0. The van der Waals surface area contributed by atoms with E-state index in [9.17, 15) is 0 Å². The molecule has 0 saturated heterocycles. The largest absolute Gasteiger partial charge is 0.313 e. The molecule has 1 unspecified atom stereocenters. The van der Waals surface area contributed by atoms with Gasteiger partial charge in [-0.3, -0.25) is 0 Å². The lowest BCUT2D eigenvalue weighted by Gasteiger charge is -2.24. The van der Waals surface area contributed by atoms with Crippen molar-refractivity contribution < 1.29 is 0 Å². The van der Waals surface area contributed by atoms with Crippen molar-refractivity contribution in [2.45, 2.75) is 52.0 Å². The second kappa shape index (κ2) is 5.33. The van der Waals surface area contributed by atoms with Crippen LogP contribution in [0.4, 0.5) is 0 Å². The summed E-state index contributed by atoms with van der Waals surface area (Å²) in [6, 6.07) is 2.99. The molecular formula is C14H23NS. The Morgan fingerprint density at radius 1 is 1.50 bits per heavy atom. The second-order valence-corrected chi connectivity index (χ2v) is 6.11. The molecule has 90 valence electrons. The van der Waals surface area contributed by atoms with E-state index >= 15 is 0 Å². The van der Waals surface area contributed by atoms with Crippen molar-refractivity contribution in [2.75, 3.05) is 6.54 Å². The summed E-state index contributed by atoms with van der Waals surface area (Å²) in [5.41, 5.74) is 2.11. The van der Waals surface area contributed by atoms with Crippen LogP contribution in [0.15, 0.2) is 16.8 Å². The maximum Gasteiger partial charge on any atom is 0.0124 e. The van der Waals surface area contributed by atoms with Gasteiger partial charge in [0.1, 0.15) is 0 Å². The van der Waals surface area contributed by atoms with Gasteiger partial charge < -0.3 is 5.32 Å². The molecular weight excluding hydrogens is 214 g/mol. The van der Waals surface area contributed by atoms with Gasteiger partial charge in [0.25, 0.3) is 0 Å². The Labute approximate surface area is 103 Å². The van der Waals surface area contributed by atoms with E-state index in [2.05, 4.69) is 36.0 Å². The zero-order chi connectivity index (χ0) is 11.4. The van der Waals surface area contributed by atoms with Gasteiger partial charge in [-0.2, -0.15) is 11.3 Å². The van der Waals surface area contributed by atoms with Crippen LogP contribution in [0, 0.1) is 5.41 Å². The van der Waals surface area contributed by atoms with Gasteiger partial charge >= 0.3 is 0 Å². The van der Waals surface area contributed by atoms with Crippen LogP contribution < -0.4 is 5.32 Å². The molecule has 1 saturated carbocycles. The normalized spacial score (nSPS) is 19.6. The fourth-order valence-electron chi connectivity index (χ4n) is 2.31. The van der Waals surface area contributed by atoms with Gasteiger partial charge in [0.15, 0.2) is 0 Å².